The van der Waals surface area contributed by atoms with Crippen LogP contribution in [0.1, 0.15) is 55.1 Å². The molecule has 4 nitrogen and oxygen atoms in total. The highest BCUT2D eigenvalue weighted by atomic mass is 32.1. The highest BCUT2D eigenvalue weighted by molar-refractivity contribution is 7.18. The maximum atomic E-state index is 12.0. The van der Waals surface area contributed by atoms with Crippen LogP contribution in [-0.4, -0.2) is 25.5 Å². The number of nitrogens with one attached hydrogen (secondary N) is 1. The standard InChI is InChI=1S/C15H25N3OS/c1-2-8-17-15(19)14-12(16)11-13(20-14)18-9-6-4-3-5-7-10-18/h11H,2-10,16H2,1H3,(H,17,19). The summed E-state index contributed by atoms with van der Waals surface area (Å²) >= 11 is 1.53. The molecule has 0 atom stereocenters. The summed E-state index contributed by atoms with van der Waals surface area (Å²) in [6, 6.07) is 1.97. The minimum Gasteiger partial charge on any atom is -0.397 e. The van der Waals surface area contributed by atoms with Crippen molar-refractivity contribution in [1.29, 1.82) is 0 Å². The molecule has 1 fully saturated rings. The highest BCUT2D eigenvalue weighted by Gasteiger charge is 2.18. The number of nitrogens with zero attached hydrogens (tertiary/aromatic N) is 1. The summed E-state index contributed by atoms with van der Waals surface area (Å²) in [7, 11) is 0. The van der Waals surface area contributed by atoms with Crippen LogP contribution < -0.4 is 16.0 Å². The summed E-state index contributed by atoms with van der Waals surface area (Å²) in [5.74, 6) is -0.0346. The van der Waals surface area contributed by atoms with E-state index in [1.165, 1.54) is 43.4 Å². The molecule has 1 amide bonds. The van der Waals surface area contributed by atoms with Gasteiger partial charge in [0.2, 0.25) is 0 Å². The van der Waals surface area contributed by atoms with Crippen LogP contribution in [0.5, 0.6) is 0 Å². The first-order valence-corrected chi connectivity index (χ1v) is 8.46. The van der Waals surface area contributed by atoms with E-state index in [4.69, 9.17) is 5.73 Å². The first-order valence-electron chi connectivity index (χ1n) is 7.65. The largest absolute Gasteiger partial charge is 0.397 e. The number of hydrogen-bond acceptors (Lipinski definition) is 4. The fourth-order valence-electron chi connectivity index (χ4n) is 2.51. The number of carbonyl (C=O) groups excluding carboxylic acids is 1. The van der Waals surface area contributed by atoms with Gasteiger partial charge in [0.15, 0.2) is 0 Å². The molecule has 0 saturated carbocycles. The Hall–Kier alpha value is -1.23. The fraction of sp³-hybridized carbons (Fsp3) is 0.667. The SMILES string of the molecule is CCCNC(=O)c1sc(N2CCCCCCC2)cc1N. The molecule has 0 spiro atoms. The van der Waals surface area contributed by atoms with Crippen molar-refractivity contribution in [3.05, 3.63) is 10.9 Å². The maximum Gasteiger partial charge on any atom is 0.263 e. The Labute approximate surface area is 125 Å². The van der Waals surface area contributed by atoms with Gasteiger partial charge >= 0.3 is 0 Å². The van der Waals surface area contributed by atoms with E-state index in [1.807, 2.05) is 13.0 Å². The third-order valence-corrected chi connectivity index (χ3v) is 4.87. The molecular formula is C15H25N3OS. The van der Waals surface area contributed by atoms with Crippen LogP contribution in [0, 0.1) is 0 Å². The number of nitrogens with two attached hydrogens (primary N) is 1. The molecule has 1 aliphatic heterocycles. The molecule has 0 unspecified atom stereocenters. The van der Waals surface area contributed by atoms with Crippen LogP contribution >= 0.6 is 11.3 Å². The van der Waals surface area contributed by atoms with Gasteiger partial charge in [-0.1, -0.05) is 26.2 Å². The monoisotopic (exact) mass is 295 g/mol. The zero-order valence-corrected chi connectivity index (χ0v) is 13.1. The molecule has 0 bridgehead atoms. The second-order valence-corrected chi connectivity index (χ2v) is 6.41. The van der Waals surface area contributed by atoms with Crippen molar-refractivity contribution in [3.63, 3.8) is 0 Å². The molecule has 0 aromatic carbocycles. The summed E-state index contributed by atoms with van der Waals surface area (Å²) in [5.41, 5.74) is 6.63. The van der Waals surface area contributed by atoms with Gasteiger partial charge in [0, 0.05) is 19.6 Å². The smallest absolute Gasteiger partial charge is 0.263 e. The zero-order valence-electron chi connectivity index (χ0n) is 12.3. The van der Waals surface area contributed by atoms with E-state index in [9.17, 15) is 4.79 Å². The Kier molecular flexibility index (Phi) is 5.71. The van der Waals surface area contributed by atoms with Crippen LogP contribution in [-0.2, 0) is 0 Å². The summed E-state index contributed by atoms with van der Waals surface area (Å²) in [5, 5.41) is 4.05. The van der Waals surface area contributed by atoms with Crippen molar-refractivity contribution in [2.45, 2.75) is 45.4 Å². The van der Waals surface area contributed by atoms with E-state index >= 15 is 0 Å². The van der Waals surface area contributed by atoms with Crippen molar-refractivity contribution in [2.75, 3.05) is 30.3 Å². The number of hydrogen-bond donors (Lipinski definition) is 2. The number of anilines is 2. The molecule has 20 heavy (non-hydrogen) atoms. The molecule has 1 aromatic rings. The Morgan fingerprint density at radius 2 is 1.95 bits per heavy atom. The summed E-state index contributed by atoms with van der Waals surface area (Å²) in [6.07, 6.45) is 7.37. The summed E-state index contributed by atoms with van der Waals surface area (Å²) < 4.78 is 0. The molecular weight excluding hydrogens is 270 g/mol. The molecule has 1 aromatic heterocycles. The molecule has 112 valence electrons. The lowest BCUT2D eigenvalue weighted by Crippen LogP contribution is -2.26. The van der Waals surface area contributed by atoms with Gasteiger partial charge in [-0.25, -0.2) is 0 Å². The van der Waals surface area contributed by atoms with E-state index in [0.29, 0.717) is 17.1 Å². The minimum absolute atomic E-state index is 0.0346. The Bertz CT molecular complexity index is 436. The molecule has 1 aliphatic rings. The third kappa shape index (κ3) is 3.88. The van der Waals surface area contributed by atoms with Gasteiger partial charge in [-0.2, -0.15) is 0 Å². The lowest BCUT2D eigenvalue weighted by Gasteiger charge is -2.25. The lowest BCUT2D eigenvalue weighted by atomic mass is 10.1. The van der Waals surface area contributed by atoms with Crippen molar-refractivity contribution in [2.24, 2.45) is 0 Å². The van der Waals surface area contributed by atoms with Gasteiger partial charge in [-0.05, 0) is 25.3 Å². The van der Waals surface area contributed by atoms with E-state index in [-0.39, 0.29) is 5.91 Å². The number of rotatable bonds is 4. The predicted molar refractivity (Wildman–Crippen MR) is 86.7 cm³/mol. The fourth-order valence-corrected chi connectivity index (χ4v) is 3.56. The Morgan fingerprint density at radius 1 is 1.30 bits per heavy atom. The van der Waals surface area contributed by atoms with Crippen molar-refractivity contribution >= 4 is 27.9 Å². The molecule has 2 heterocycles. The summed E-state index contributed by atoms with van der Waals surface area (Å²) in [4.78, 5) is 15.1. The first-order chi connectivity index (χ1) is 9.72. The van der Waals surface area contributed by atoms with Crippen LogP contribution in [0.4, 0.5) is 10.7 Å². The van der Waals surface area contributed by atoms with Gasteiger partial charge in [-0.15, -0.1) is 11.3 Å². The van der Waals surface area contributed by atoms with Crippen LogP contribution in [0.3, 0.4) is 0 Å². The van der Waals surface area contributed by atoms with Gasteiger partial charge in [0.25, 0.3) is 5.91 Å². The maximum absolute atomic E-state index is 12.0. The normalized spacial score (nSPS) is 16.6. The van der Waals surface area contributed by atoms with Crippen molar-refractivity contribution in [3.8, 4) is 0 Å². The first kappa shape index (κ1) is 15.2. The van der Waals surface area contributed by atoms with Gasteiger partial charge in [-0.3, -0.25) is 4.79 Å². The van der Waals surface area contributed by atoms with E-state index in [1.54, 1.807) is 0 Å². The quantitative estimate of drug-likeness (QED) is 0.896. The number of nitrogen functional groups attached to an aromatic ring is 1. The Morgan fingerprint density at radius 3 is 2.60 bits per heavy atom. The molecule has 0 aliphatic carbocycles. The van der Waals surface area contributed by atoms with Crippen LogP contribution in [0.25, 0.3) is 0 Å². The molecule has 2 rings (SSSR count). The van der Waals surface area contributed by atoms with E-state index in [0.717, 1.165) is 24.5 Å². The highest BCUT2D eigenvalue weighted by Crippen LogP contribution is 2.33. The number of carbonyl (C=O) groups is 1. The van der Waals surface area contributed by atoms with Crippen LogP contribution in [0.2, 0.25) is 0 Å². The van der Waals surface area contributed by atoms with E-state index < -0.39 is 0 Å². The molecule has 0 radical (unpaired) electrons. The number of thiophene rings is 1. The average molecular weight is 295 g/mol. The van der Waals surface area contributed by atoms with Gasteiger partial charge in [0.05, 0.1) is 10.7 Å². The Balaban J connectivity index is 2.06. The average Bonchev–Trinajstić information content (AvgIpc) is 2.77. The van der Waals surface area contributed by atoms with Crippen LogP contribution in [0.15, 0.2) is 6.07 Å². The molecule has 1 saturated heterocycles. The van der Waals surface area contributed by atoms with E-state index in [2.05, 4.69) is 10.2 Å². The lowest BCUT2D eigenvalue weighted by molar-refractivity contribution is 0.0958. The molecule has 5 heteroatoms. The predicted octanol–water partition coefficient (Wildman–Crippen LogP) is 3.24. The topological polar surface area (TPSA) is 58.4 Å². The van der Waals surface area contributed by atoms with Crippen molar-refractivity contribution < 1.29 is 4.79 Å². The van der Waals surface area contributed by atoms with Gasteiger partial charge in [0.1, 0.15) is 4.88 Å². The number of amides is 1. The van der Waals surface area contributed by atoms with Crippen molar-refractivity contribution in [1.82, 2.24) is 5.32 Å². The summed E-state index contributed by atoms with van der Waals surface area (Å²) in [6.45, 7) is 4.91. The second-order valence-electron chi connectivity index (χ2n) is 5.38. The minimum atomic E-state index is -0.0346. The molecule has 3 N–H and O–H groups in total. The zero-order chi connectivity index (χ0) is 14.4. The third-order valence-electron chi connectivity index (χ3n) is 3.66. The second kappa shape index (κ2) is 7.53. The van der Waals surface area contributed by atoms with Gasteiger partial charge < -0.3 is 16.0 Å².